The van der Waals surface area contributed by atoms with E-state index in [4.69, 9.17) is 0 Å². The van der Waals surface area contributed by atoms with Crippen LogP contribution in [0.5, 0.6) is 0 Å². The minimum absolute atomic E-state index is 0.127. The number of carboxylic acids is 1. The third kappa shape index (κ3) is 0.862. The van der Waals surface area contributed by atoms with Crippen LogP contribution < -0.4 is 0 Å². The second-order valence-corrected chi connectivity index (χ2v) is 5.46. The van der Waals surface area contributed by atoms with Crippen molar-refractivity contribution in [3.8, 4) is 0 Å². The lowest BCUT2D eigenvalue weighted by Crippen LogP contribution is -2.45. The molecule has 2 aliphatic carbocycles. The second-order valence-electron chi connectivity index (χ2n) is 4.54. The molecule has 3 atom stereocenters. The van der Waals surface area contributed by atoms with Gasteiger partial charge in [0.05, 0.1) is 5.41 Å². The van der Waals surface area contributed by atoms with E-state index in [0.29, 0.717) is 5.92 Å². The molecule has 72 valence electrons. The van der Waals surface area contributed by atoms with Gasteiger partial charge in [-0.25, -0.2) is 0 Å². The molecule has 1 N–H and O–H groups in total. The van der Waals surface area contributed by atoms with Gasteiger partial charge in [-0.1, -0.05) is 28.9 Å². The lowest BCUT2D eigenvalue weighted by molar-refractivity contribution is -0.153. The zero-order valence-corrected chi connectivity index (χ0v) is 9.39. The smallest absolute Gasteiger partial charge is 0.310 e. The second kappa shape index (κ2) is 2.38. The van der Waals surface area contributed by atoms with Crippen molar-refractivity contribution >= 4 is 21.9 Å². The van der Waals surface area contributed by atoms with Crippen LogP contribution in [0.2, 0.25) is 0 Å². The van der Waals surface area contributed by atoms with Crippen molar-refractivity contribution in [1.29, 1.82) is 0 Å². The summed E-state index contributed by atoms with van der Waals surface area (Å²) in [6.45, 7) is 3.93. The molecule has 0 radical (unpaired) electrons. The Morgan fingerprint density at radius 1 is 1.69 bits per heavy atom. The quantitative estimate of drug-likeness (QED) is 0.771. The molecule has 1 fully saturated rings. The molecule has 0 aromatic heterocycles. The van der Waals surface area contributed by atoms with Crippen LogP contribution in [-0.2, 0) is 4.79 Å². The average Bonchev–Trinajstić information content (AvgIpc) is 2.22. The molecule has 0 bridgehead atoms. The highest BCUT2D eigenvalue weighted by atomic mass is 79.9. The fourth-order valence-corrected chi connectivity index (χ4v) is 3.88. The zero-order valence-electron chi connectivity index (χ0n) is 7.80. The van der Waals surface area contributed by atoms with Gasteiger partial charge in [0.25, 0.3) is 0 Å². The third-order valence-corrected chi connectivity index (χ3v) is 4.87. The molecule has 2 rings (SSSR count). The van der Waals surface area contributed by atoms with Crippen molar-refractivity contribution in [2.75, 3.05) is 0 Å². The van der Waals surface area contributed by atoms with Crippen molar-refractivity contribution in [2.45, 2.75) is 26.7 Å². The Kier molecular flexibility index (Phi) is 1.69. The number of aliphatic carboxylic acids is 1. The summed E-state index contributed by atoms with van der Waals surface area (Å²) in [5.74, 6) is -0.220. The molecule has 0 heterocycles. The van der Waals surface area contributed by atoms with E-state index in [9.17, 15) is 9.90 Å². The van der Waals surface area contributed by atoms with Gasteiger partial charge in [-0.3, -0.25) is 4.79 Å². The summed E-state index contributed by atoms with van der Waals surface area (Å²) in [7, 11) is 0. The van der Waals surface area contributed by atoms with Gasteiger partial charge in [0.15, 0.2) is 0 Å². The van der Waals surface area contributed by atoms with Crippen molar-refractivity contribution in [3.05, 3.63) is 10.6 Å². The summed E-state index contributed by atoms with van der Waals surface area (Å²) < 4.78 is 1.19. The number of carbonyl (C=O) groups is 1. The number of rotatable bonds is 1. The molecular formula is C10H13BrO2. The molecule has 2 aliphatic rings. The predicted octanol–water partition coefficient (Wildman–Crippen LogP) is 2.79. The van der Waals surface area contributed by atoms with E-state index in [2.05, 4.69) is 28.9 Å². The van der Waals surface area contributed by atoms with Gasteiger partial charge in [-0.05, 0) is 24.2 Å². The number of allylic oxidation sites excluding steroid dienone is 2. The molecule has 0 aliphatic heterocycles. The Morgan fingerprint density at radius 3 is 2.69 bits per heavy atom. The number of hydrogen-bond acceptors (Lipinski definition) is 1. The molecule has 0 aromatic rings. The van der Waals surface area contributed by atoms with Gasteiger partial charge >= 0.3 is 5.97 Å². The van der Waals surface area contributed by atoms with E-state index < -0.39 is 11.4 Å². The molecular weight excluding hydrogens is 232 g/mol. The van der Waals surface area contributed by atoms with Crippen LogP contribution in [0.3, 0.4) is 0 Å². The Hall–Kier alpha value is -0.310. The highest BCUT2D eigenvalue weighted by molar-refractivity contribution is 9.11. The minimum Gasteiger partial charge on any atom is -0.481 e. The Labute approximate surface area is 86.1 Å². The van der Waals surface area contributed by atoms with Crippen LogP contribution >= 0.6 is 15.9 Å². The molecule has 1 saturated carbocycles. The van der Waals surface area contributed by atoms with Crippen molar-refractivity contribution in [1.82, 2.24) is 0 Å². The summed E-state index contributed by atoms with van der Waals surface area (Å²) in [5, 5.41) is 9.20. The fourth-order valence-electron chi connectivity index (χ4n) is 2.70. The van der Waals surface area contributed by atoms with Gasteiger partial charge in [0, 0.05) is 11.3 Å². The van der Waals surface area contributed by atoms with E-state index in [0.717, 1.165) is 12.8 Å². The molecule has 13 heavy (non-hydrogen) atoms. The van der Waals surface area contributed by atoms with E-state index in [1.54, 1.807) is 0 Å². The number of halogens is 1. The molecule has 3 unspecified atom stereocenters. The van der Waals surface area contributed by atoms with Gasteiger partial charge in [-0.15, -0.1) is 0 Å². The molecule has 3 heteroatoms. The SMILES string of the molecule is CC1(C(=O)O)CCC2C(Br)=CC21C. The van der Waals surface area contributed by atoms with Crippen LogP contribution in [0.15, 0.2) is 10.6 Å². The maximum absolute atomic E-state index is 11.2. The van der Waals surface area contributed by atoms with E-state index >= 15 is 0 Å². The molecule has 0 amide bonds. The van der Waals surface area contributed by atoms with Crippen LogP contribution in [0.4, 0.5) is 0 Å². The first-order valence-electron chi connectivity index (χ1n) is 4.53. The molecule has 0 aromatic carbocycles. The standard InChI is InChI=1S/C10H13BrO2/c1-9(8(12)13)4-3-6-7(11)5-10(6,9)2/h5-6H,3-4H2,1-2H3,(H,12,13). The van der Waals surface area contributed by atoms with E-state index in [1.165, 1.54) is 4.48 Å². The van der Waals surface area contributed by atoms with Crippen LogP contribution in [-0.4, -0.2) is 11.1 Å². The van der Waals surface area contributed by atoms with Gasteiger partial charge in [0.1, 0.15) is 0 Å². The Bertz CT molecular complexity index is 310. The lowest BCUT2D eigenvalue weighted by atomic mass is 9.59. The van der Waals surface area contributed by atoms with Crippen molar-refractivity contribution < 1.29 is 9.90 Å². The summed E-state index contributed by atoms with van der Waals surface area (Å²) >= 11 is 3.47. The van der Waals surface area contributed by atoms with E-state index in [1.807, 2.05) is 6.92 Å². The number of hydrogen-bond donors (Lipinski definition) is 1. The normalized spacial score (nSPS) is 47.9. The third-order valence-electron chi connectivity index (χ3n) is 4.09. The largest absolute Gasteiger partial charge is 0.481 e. The van der Waals surface area contributed by atoms with Crippen molar-refractivity contribution in [2.24, 2.45) is 16.7 Å². The monoisotopic (exact) mass is 244 g/mol. The number of fused-ring (bicyclic) bond motifs is 1. The molecule has 0 spiro atoms. The first-order chi connectivity index (χ1) is 5.92. The first-order valence-corrected chi connectivity index (χ1v) is 5.33. The lowest BCUT2D eigenvalue weighted by Gasteiger charge is -2.46. The maximum atomic E-state index is 11.2. The minimum atomic E-state index is -0.659. The van der Waals surface area contributed by atoms with Crippen LogP contribution in [0.25, 0.3) is 0 Å². The summed E-state index contributed by atoms with van der Waals surface area (Å²) in [6, 6.07) is 0. The first kappa shape index (κ1) is 9.25. The van der Waals surface area contributed by atoms with Gasteiger partial charge in [-0.2, -0.15) is 0 Å². The van der Waals surface area contributed by atoms with Crippen LogP contribution in [0.1, 0.15) is 26.7 Å². The molecule has 2 nitrogen and oxygen atoms in total. The summed E-state index contributed by atoms with van der Waals surface area (Å²) in [5.41, 5.74) is -0.688. The van der Waals surface area contributed by atoms with Crippen LogP contribution in [0, 0.1) is 16.7 Å². The average molecular weight is 245 g/mol. The zero-order chi connectivity index (χ0) is 9.85. The highest BCUT2D eigenvalue weighted by Crippen LogP contribution is 2.66. The molecule has 0 saturated heterocycles. The van der Waals surface area contributed by atoms with Gasteiger partial charge in [0.2, 0.25) is 0 Å². The predicted molar refractivity (Wildman–Crippen MR) is 53.6 cm³/mol. The maximum Gasteiger partial charge on any atom is 0.310 e. The summed E-state index contributed by atoms with van der Waals surface area (Å²) in [6.07, 6.45) is 3.85. The van der Waals surface area contributed by atoms with Gasteiger partial charge < -0.3 is 5.11 Å². The number of carboxylic acid groups (broad SMARTS) is 1. The highest BCUT2D eigenvalue weighted by Gasteiger charge is 2.62. The van der Waals surface area contributed by atoms with Crippen molar-refractivity contribution in [3.63, 3.8) is 0 Å². The van der Waals surface area contributed by atoms with E-state index in [-0.39, 0.29) is 5.41 Å². The fraction of sp³-hybridized carbons (Fsp3) is 0.700. The topological polar surface area (TPSA) is 37.3 Å². The Balaban J connectivity index is 2.42. The summed E-state index contributed by atoms with van der Waals surface area (Å²) in [4.78, 5) is 11.2. The Morgan fingerprint density at radius 2 is 2.31 bits per heavy atom.